The molecule has 0 aliphatic carbocycles. The van der Waals surface area contributed by atoms with Crippen LogP contribution in [0.1, 0.15) is 17.2 Å². The highest BCUT2D eigenvalue weighted by Crippen LogP contribution is 2.23. The summed E-state index contributed by atoms with van der Waals surface area (Å²) in [5.41, 5.74) is 2.56. The average molecular weight is 461 g/mol. The summed E-state index contributed by atoms with van der Waals surface area (Å²) in [6, 6.07) is 8.92. The monoisotopic (exact) mass is 460 g/mol. The molecule has 0 radical (unpaired) electrons. The van der Waals surface area contributed by atoms with Crippen molar-refractivity contribution in [3.8, 4) is 0 Å². The third kappa shape index (κ3) is 6.32. The van der Waals surface area contributed by atoms with Gasteiger partial charge in [-0.1, -0.05) is 41.2 Å². The first kappa shape index (κ1) is 22.3. The molecule has 10 heteroatoms. The van der Waals surface area contributed by atoms with E-state index in [-0.39, 0.29) is 11.7 Å². The van der Waals surface area contributed by atoms with Gasteiger partial charge in [0.25, 0.3) is 0 Å². The maximum Gasteiger partial charge on any atom is 0.234 e. The first-order valence-electron chi connectivity index (χ1n) is 9.11. The van der Waals surface area contributed by atoms with Crippen LogP contribution < -0.4 is 5.32 Å². The Labute approximate surface area is 188 Å². The molecule has 7 nitrogen and oxygen atoms in total. The lowest BCUT2D eigenvalue weighted by atomic mass is 10.3. The minimum atomic E-state index is -0.130. The van der Waals surface area contributed by atoms with Crippen LogP contribution in [0.3, 0.4) is 0 Å². The lowest BCUT2D eigenvalue weighted by Crippen LogP contribution is -2.14. The molecule has 30 heavy (non-hydrogen) atoms. The van der Waals surface area contributed by atoms with Gasteiger partial charge >= 0.3 is 0 Å². The highest BCUT2D eigenvalue weighted by atomic mass is 35.5. The number of benzene rings is 1. The number of carbonyl (C=O) groups excluding carboxylic acids is 1. The third-order valence-electron chi connectivity index (χ3n) is 3.86. The van der Waals surface area contributed by atoms with Gasteiger partial charge in [0.15, 0.2) is 10.3 Å². The summed E-state index contributed by atoms with van der Waals surface area (Å²) in [5.74, 6) is 1.44. The molecule has 0 atom stereocenters. The van der Waals surface area contributed by atoms with Gasteiger partial charge in [0, 0.05) is 28.6 Å². The highest BCUT2D eigenvalue weighted by Gasteiger charge is 2.15. The van der Waals surface area contributed by atoms with Gasteiger partial charge in [-0.3, -0.25) is 4.79 Å². The number of aromatic nitrogens is 5. The molecular weight excluding hydrogens is 440 g/mol. The maximum absolute atomic E-state index is 12.3. The first-order chi connectivity index (χ1) is 14.4. The highest BCUT2D eigenvalue weighted by molar-refractivity contribution is 7.99. The van der Waals surface area contributed by atoms with E-state index in [2.05, 4.69) is 32.1 Å². The molecule has 0 saturated heterocycles. The van der Waals surface area contributed by atoms with Crippen LogP contribution >= 0.6 is 35.1 Å². The largest absolute Gasteiger partial charge is 0.325 e. The molecule has 2 aromatic heterocycles. The molecule has 1 aromatic carbocycles. The predicted molar refractivity (Wildman–Crippen MR) is 122 cm³/mol. The standard InChI is InChI=1S/C20H21ClN6OS2/c1-4-9-27-17(11-29-19-22-13(2)10-14(3)23-19)25-26-20(27)30-12-18(28)24-16-7-5-15(21)6-8-16/h4-8,10H,1,9,11-12H2,2-3H3,(H,24,28). The van der Waals surface area contributed by atoms with Crippen LogP contribution in [0.15, 0.2) is 53.3 Å². The van der Waals surface area contributed by atoms with E-state index in [9.17, 15) is 4.79 Å². The topological polar surface area (TPSA) is 85.6 Å². The summed E-state index contributed by atoms with van der Waals surface area (Å²) in [5, 5.41) is 13.4. The number of allylic oxidation sites excluding steroid dienone is 1. The Balaban J connectivity index is 1.62. The Kier molecular flexibility index (Phi) is 7.89. The van der Waals surface area contributed by atoms with E-state index in [1.165, 1.54) is 23.5 Å². The number of halogens is 1. The molecule has 0 fully saturated rings. The number of hydrogen-bond donors (Lipinski definition) is 1. The van der Waals surface area contributed by atoms with E-state index in [0.29, 0.717) is 33.3 Å². The second-order valence-corrected chi connectivity index (χ2v) is 8.69. The molecule has 2 heterocycles. The molecule has 0 aliphatic heterocycles. The zero-order chi connectivity index (χ0) is 21.5. The van der Waals surface area contributed by atoms with Gasteiger partial charge in [0.2, 0.25) is 5.91 Å². The quantitative estimate of drug-likeness (QED) is 0.285. The van der Waals surface area contributed by atoms with Crippen molar-refractivity contribution >= 4 is 46.7 Å². The normalized spacial score (nSPS) is 10.8. The number of carbonyl (C=O) groups is 1. The fourth-order valence-electron chi connectivity index (χ4n) is 2.59. The van der Waals surface area contributed by atoms with Crippen LogP contribution in [0, 0.1) is 13.8 Å². The summed E-state index contributed by atoms with van der Waals surface area (Å²) in [4.78, 5) is 21.1. The molecule has 3 aromatic rings. The zero-order valence-corrected chi connectivity index (χ0v) is 19.0. The second kappa shape index (κ2) is 10.6. The Bertz CT molecular complexity index is 1020. The SMILES string of the molecule is C=CCn1c(CSc2nc(C)cc(C)n2)nnc1SCC(=O)Nc1ccc(Cl)cc1. The molecular formula is C20H21ClN6OS2. The Morgan fingerprint density at radius 1 is 1.17 bits per heavy atom. The van der Waals surface area contributed by atoms with Gasteiger partial charge in [-0.2, -0.15) is 0 Å². The van der Waals surface area contributed by atoms with Crippen molar-refractivity contribution in [1.82, 2.24) is 24.7 Å². The number of hydrogen-bond acceptors (Lipinski definition) is 7. The second-order valence-electron chi connectivity index (χ2n) is 6.36. The van der Waals surface area contributed by atoms with Gasteiger partial charge in [-0.25, -0.2) is 9.97 Å². The molecule has 1 N–H and O–H groups in total. The molecule has 156 valence electrons. The van der Waals surface area contributed by atoms with Gasteiger partial charge in [0.1, 0.15) is 5.82 Å². The fourth-order valence-corrected chi connectivity index (χ4v) is 4.37. The number of nitrogens with zero attached hydrogens (tertiary/aromatic N) is 5. The lowest BCUT2D eigenvalue weighted by molar-refractivity contribution is -0.113. The number of amides is 1. The number of anilines is 1. The van der Waals surface area contributed by atoms with Crippen molar-refractivity contribution in [2.75, 3.05) is 11.1 Å². The van der Waals surface area contributed by atoms with Crippen molar-refractivity contribution in [3.05, 3.63) is 65.2 Å². The number of rotatable bonds is 9. The van der Waals surface area contributed by atoms with Crippen LogP contribution in [0.25, 0.3) is 0 Å². The third-order valence-corrected chi connectivity index (χ3v) is 5.92. The van der Waals surface area contributed by atoms with E-state index < -0.39 is 0 Å². The lowest BCUT2D eigenvalue weighted by Gasteiger charge is -2.08. The number of thioether (sulfide) groups is 2. The first-order valence-corrected chi connectivity index (χ1v) is 11.5. The minimum absolute atomic E-state index is 0.130. The molecule has 0 aliphatic rings. The molecule has 0 bridgehead atoms. The summed E-state index contributed by atoms with van der Waals surface area (Å²) >= 11 is 8.70. The van der Waals surface area contributed by atoms with Crippen molar-refractivity contribution in [2.45, 2.75) is 36.5 Å². The van der Waals surface area contributed by atoms with E-state index in [1.807, 2.05) is 24.5 Å². The summed E-state index contributed by atoms with van der Waals surface area (Å²) in [6.45, 7) is 8.26. The Hall–Kier alpha value is -2.36. The van der Waals surface area contributed by atoms with Crippen LogP contribution in [-0.2, 0) is 17.1 Å². The van der Waals surface area contributed by atoms with Crippen LogP contribution in [0.4, 0.5) is 5.69 Å². The summed E-state index contributed by atoms with van der Waals surface area (Å²) in [6.07, 6.45) is 1.78. The van der Waals surface area contributed by atoms with Gasteiger partial charge in [-0.15, -0.1) is 16.8 Å². The van der Waals surface area contributed by atoms with Crippen molar-refractivity contribution in [1.29, 1.82) is 0 Å². The van der Waals surface area contributed by atoms with Crippen molar-refractivity contribution in [2.24, 2.45) is 0 Å². The molecule has 3 rings (SSSR count). The fraction of sp³-hybridized carbons (Fsp3) is 0.250. The van der Waals surface area contributed by atoms with Gasteiger partial charge < -0.3 is 9.88 Å². The summed E-state index contributed by atoms with van der Waals surface area (Å²) < 4.78 is 1.95. The molecule has 0 saturated carbocycles. The smallest absolute Gasteiger partial charge is 0.234 e. The van der Waals surface area contributed by atoms with Crippen molar-refractivity contribution < 1.29 is 4.79 Å². The Morgan fingerprint density at radius 2 is 1.87 bits per heavy atom. The average Bonchev–Trinajstić information content (AvgIpc) is 3.08. The van der Waals surface area contributed by atoms with Crippen LogP contribution in [0.2, 0.25) is 5.02 Å². The molecule has 1 amide bonds. The Morgan fingerprint density at radius 3 is 2.53 bits per heavy atom. The number of aryl methyl sites for hydroxylation is 2. The molecule has 0 unspecified atom stereocenters. The van der Waals surface area contributed by atoms with Crippen LogP contribution in [0.5, 0.6) is 0 Å². The van der Waals surface area contributed by atoms with Crippen LogP contribution in [-0.4, -0.2) is 36.4 Å². The van der Waals surface area contributed by atoms with E-state index >= 15 is 0 Å². The minimum Gasteiger partial charge on any atom is -0.325 e. The van der Waals surface area contributed by atoms with Gasteiger partial charge in [-0.05, 0) is 44.2 Å². The van der Waals surface area contributed by atoms with Gasteiger partial charge in [0.05, 0.1) is 11.5 Å². The van der Waals surface area contributed by atoms with E-state index in [4.69, 9.17) is 11.6 Å². The predicted octanol–water partition coefficient (Wildman–Crippen LogP) is 4.55. The zero-order valence-electron chi connectivity index (χ0n) is 16.6. The van der Waals surface area contributed by atoms with E-state index in [0.717, 1.165) is 17.2 Å². The maximum atomic E-state index is 12.3. The molecule has 0 spiro atoms. The summed E-state index contributed by atoms with van der Waals surface area (Å²) in [7, 11) is 0. The number of nitrogens with one attached hydrogen (secondary N) is 1. The van der Waals surface area contributed by atoms with Crippen molar-refractivity contribution in [3.63, 3.8) is 0 Å². The van der Waals surface area contributed by atoms with E-state index in [1.54, 1.807) is 30.3 Å².